The fraction of sp³-hybridized carbons (Fsp3) is 0.333. The average molecular weight is 324 g/mol. The number of furan rings is 1. The van der Waals surface area contributed by atoms with Crippen molar-refractivity contribution < 1.29 is 9.21 Å². The summed E-state index contributed by atoms with van der Waals surface area (Å²) in [6, 6.07) is 9.64. The van der Waals surface area contributed by atoms with E-state index >= 15 is 0 Å². The van der Waals surface area contributed by atoms with Crippen LogP contribution in [0.1, 0.15) is 35.1 Å². The molecule has 1 aliphatic heterocycles. The zero-order chi connectivity index (χ0) is 16.4. The SMILES string of the molecule is O=C(NC[C@@H](c1ccco1)N1CCCC1)c1cn2ccccc2n1. The van der Waals surface area contributed by atoms with Crippen LogP contribution >= 0.6 is 0 Å². The number of hydrogen-bond acceptors (Lipinski definition) is 4. The first kappa shape index (κ1) is 15.0. The Hall–Kier alpha value is -2.60. The van der Waals surface area contributed by atoms with Gasteiger partial charge in [0.2, 0.25) is 0 Å². The van der Waals surface area contributed by atoms with E-state index in [0.29, 0.717) is 12.2 Å². The van der Waals surface area contributed by atoms with E-state index in [4.69, 9.17) is 4.42 Å². The maximum absolute atomic E-state index is 12.5. The van der Waals surface area contributed by atoms with Crippen molar-refractivity contribution in [2.75, 3.05) is 19.6 Å². The van der Waals surface area contributed by atoms with Crippen LogP contribution in [0.15, 0.2) is 53.4 Å². The number of rotatable bonds is 5. The van der Waals surface area contributed by atoms with E-state index in [1.165, 1.54) is 12.8 Å². The van der Waals surface area contributed by atoms with Crippen molar-refractivity contribution in [2.45, 2.75) is 18.9 Å². The third kappa shape index (κ3) is 2.92. The van der Waals surface area contributed by atoms with Gasteiger partial charge in [-0.05, 0) is 50.2 Å². The van der Waals surface area contributed by atoms with Crippen LogP contribution in [0.2, 0.25) is 0 Å². The van der Waals surface area contributed by atoms with Crippen molar-refractivity contribution in [3.63, 3.8) is 0 Å². The van der Waals surface area contributed by atoms with Crippen LogP contribution in [0.4, 0.5) is 0 Å². The molecule has 4 rings (SSSR count). The molecule has 1 atom stereocenters. The van der Waals surface area contributed by atoms with Crippen molar-refractivity contribution in [1.82, 2.24) is 19.6 Å². The van der Waals surface area contributed by atoms with Crippen molar-refractivity contribution in [2.24, 2.45) is 0 Å². The lowest BCUT2D eigenvalue weighted by atomic mass is 10.2. The standard InChI is InChI=1S/C18H20N4O2/c23-18(14-13-22-10-2-1-7-17(22)20-14)19-12-15(16-6-5-11-24-16)21-8-3-4-9-21/h1-2,5-7,10-11,13,15H,3-4,8-9,12H2,(H,19,23)/t15-/m0/s1. The monoisotopic (exact) mass is 324 g/mol. The number of imidazole rings is 1. The number of carbonyl (C=O) groups excluding carboxylic acids is 1. The summed E-state index contributed by atoms with van der Waals surface area (Å²) < 4.78 is 7.43. The topological polar surface area (TPSA) is 62.8 Å². The molecule has 1 amide bonds. The van der Waals surface area contributed by atoms with E-state index in [1.807, 2.05) is 40.9 Å². The van der Waals surface area contributed by atoms with Crippen LogP contribution in [0.25, 0.3) is 5.65 Å². The smallest absolute Gasteiger partial charge is 0.271 e. The number of carbonyl (C=O) groups is 1. The lowest BCUT2D eigenvalue weighted by Crippen LogP contribution is -2.36. The molecule has 1 N–H and O–H groups in total. The average Bonchev–Trinajstić information content (AvgIpc) is 3.35. The van der Waals surface area contributed by atoms with E-state index in [-0.39, 0.29) is 11.9 Å². The number of nitrogens with zero attached hydrogens (tertiary/aromatic N) is 3. The lowest BCUT2D eigenvalue weighted by molar-refractivity contribution is 0.0929. The number of aromatic nitrogens is 2. The number of nitrogens with one attached hydrogen (secondary N) is 1. The number of fused-ring (bicyclic) bond motifs is 1. The molecule has 124 valence electrons. The molecule has 0 aliphatic carbocycles. The van der Waals surface area contributed by atoms with Crippen molar-refractivity contribution in [1.29, 1.82) is 0 Å². The van der Waals surface area contributed by atoms with Crippen molar-refractivity contribution in [3.8, 4) is 0 Å². The predicted molar refractivity (Wildman–Crippen MR) is 89.8 cm³/mol. The van der Waals surface area contributed by atoms with E-state index in [2.05, 4.69) is 15.2 Å². The Labute approximate surface area is 140 Å². The van der Waals surface area contributed by atoms with E-state index in [9.17, 15) is 4.79 Å². The summed E-state index contributed by atoms with van der Waals surface area (Å²) in [5.41, 5.74) is 1.20. The van der Waals surface area contributed by atoms with Crippen LogP contribution in [0.3, 0.4) is 0 Å². The van der Waals surface area contributed by atoms with Crippen molar-refractivity contribution in [3.05, 3.63) is 60.4 Å². The lowest BCUT2D eigenvalue weighted by Gasteiger charge is -2.25. The molecule has 3 aromatic rings. The number of amides is 1. The van der Waals surface area contributed by atoms with Crippen LogP contribution < -0.4 is 5.32 Å². The molecule has 0 aromatic carbocycles. The highest BCUT2D eigenvalue weighted by atomic mass is 16.3. The molecule has 0 saturated carbocycles. The fourth-order valence-corrected chi connectivity index (χ4v) is 3.27. The maximum atomic E-state index is 12.5. The molecule has 1 saturated heterocycles. The van der Waals surface area contributed by atoms with Crippen LogP contribution in [-0.2, 0) is 0 Å². The summed E-state index contributed by atoms with van der Waals surface area (Å²) in [6.07, 6.45) is 7.70. The van der Waals surface area contributed by atoms with Crippen LogP contribution in [0, 0.1) is 0 Å². The molecule has 0 bridgehead atoms. The summed E-state index contributed by atoms with van der Waals surface area (Å²) in [6.45, 7) is 2.59. The molecule has 4 heterocycles. The number of likely N-dealkylation sites (tertiary alicyclic amines) is 1. The first-order valence-corrected chi connectivity index (χ1v) is 8.30. The van der Waals surface area contributed by atoms with Gasteiger partial charge in [-0.25, -0.2) is 4.98 Å². The Bertz CT molecular complexity index is 786. The van der Waals surface area contributed by atoms with Gasteiger partial charge >= 0.3 is 0 Å². The highest BCUT2D eigenvalue weighted by Gasteiger charge is 2.26. The molecule has 6 nitrogen and oxygen atoms in total. The van der Waals surface area contributed by atoms with Gasteiger partial charge in [-0.1, -0.05) is 6.07 Å². The molecule has 0 radical (unpaired) electrons. The normalized spacial score (nSPS) is 16.5. The second-order valence-electron chi connectivity index (χ2n) is 6.08. The summed E-state index contributed by atoms with van der Waals surface area (Å²) in [5.74, 6) is 0.738. The van der Waals surface area contributed by atoms with Crippen molar-refractivity contribution >= 4 is 11.6 Å². The Morgan fingerprint density at radius 2 is 2.12 bits per heavy atom. The first-order valence-electron chi connectivity index (χ1n) is 8.30. The summed E-state index contributed by atoms with van der Waals surface area (Å²) in [5, 5.41) is 3.01. The zero-order valence-corrected chi connectivity index (χ0v) is 13.4. The van der Waals surface area contributed by atoms with Gasteiger partial charge in [-0.2, -0.15) is 0 Å². The van der Waals surface area contributed by atoms with Gasteiger partial charge in [0.25, 0.3) is 5.91 Å². The van der Waals surface area contributed by atoms with Crippen LogP contribution in [-0.4, -0.2) is 39.8 Å². The molecular weight excluding hydrogens is 304 g/mol. The molecule has 0 spiro atoms. The number of pyridine rings is 1. The predicted octanol–water partition coefficient (Wildman–Crippen LogP) is 2.49. The summed E-state index contributed by atoms with van der Waals surface area (Å²) >= 11 is 0. The minimum Gasteiger partial charge on any atom is -0.468 e. The van der Waals surface area contributed by atoms with E-state index < -0.39 is 0 Å². The van der Waals surface area contributed by atoms with E-state index in [1.54, 1.807) is 12.5 Å². The zero-order valence-electron chi connectivity index (χ0n) is 13.4. The molecule has 1 fully saturated rings. The molecule has 0 unspecified atom stereocenters. The second kappa shape index (κ2) is 6.49. The fourth-order valence-electron chi connectivity index (χ4n) is 3.27. The van der Waals surface area contributed by atoms with Gasteiger partial charge in [0.15, 0.2) is 0 Å². The Morgan fingerprint density at radius 3 is 2.88 bits per heavy atom. The summed E-state index contributed by atoms with van der Waals surface area (Å²) in [4.78, 5) is 19.2. The molecule has 24 heavy (non-hydrogen) atoms. The van der Waals surface area contributed by atoms with Gasteiger partial charge in [-0.15, -0.1) is 0 Å². The maximum Gasteiger partial charge on any atom is 0.271 e. The molecule has 3 aromatic heterocycles. The molecule has 6 heteroatoms. The Kier molecular flexibility index (Phi) is 4.04. The van der Waals surface area contributed by atoms with Gasteiger partial charge in [0.1, 0.15) is 17.1 Å². The van der Waals surface area contributed by atoms with Gasteiger partial charge < -0.3 is 14.1 Å². The highest BCUT2D eigenvalue weighted by molar-refractivity contribution is 5.92. The largest absolute Gasteiger partial charge is 0.468 e. The quantitative estimate of drug-likeness (QED) is 0.783. The van der Waals surface area contributed by atoms with Gasteiger partial charge in [0, 0.05) is 18.9 Å². The second-order valence-corrected chi connectivity index (χ2v) is 6.08. The Morgan fingerprint density at radius 1 is 1.25 bits per heavy atom. The third-order valence-corrected chi connectivity index (χ3v) is 4.51. The first-order chi connectivity index (χ1) is 11.8. The van der Waals surface area contributed by atoms with Gasteiger partial charge in [0.05, 0.1) is 12.3 Å². The molecule has 1 aliphatic rings. The Balaban J connectivity index is 1.48. The van der Waals surface area contributed by atoms with Crippen LogP contribution in [0.5, 0.6) is 0 Å². The minimum atomic E-state index is -0.158. The third-order valence-electron chi connectivity index (χ3n) is 4.51. The molecular formula is C18H20N4O2. The van der Waals surface area contributed by atoms with E-state index in [0.717, 1.165) is 24.5 Å². The highest BCUT2D eigenvalue weighted by Crippen LogP contribution is 2.24. The van der Waals surface area contributed by atoms with Gasteiger partial charge in [-0.3, -0.25) is 9.69 Å². The number of hydrogen-bond donors (Lipinski definition) is 1. The summed E-state index contributed by atoms with van der Waals surface area (Å²) in [7, 11) is 0. The minimum absolute atomic E-state index is 0.0727.